The van der Waals surface area contributed by atoms with E-state index in [-0.39, 0.29) is 29.0 Å². The van der Waals surface area contributed by atoms with E-state index >= 15 is 0 Å². The highest BCUT2D eigenvalue weighted by Gasteiger charge is 2.15. The number of carbonyl (C=O) groups excluding carboxylic acids is 1. The smallest absolute Gasteiger partial charge is 0.226 e. The van der Waals surface area contributed by atoms with E-state index in [1.807, 2.05) is 38.1 Å². The molecule has 0 bridgehead atoms. The van der Waals surface area contributed by atoms with Crippen LogP contribution in [0.4, 0.5) is 15.8 Å². The van der Waals surface area contributed by atoms with Crippen LogP contribution >= 0.6 is 23.2 Å². The second-order valence-corrected chi connectivity index (χ2v) is 8.49. The van der Waals surface area contributed by atoms with Gasteiger partial charge in [0, 0.05) is 29.4 Å². The molecule has 0 radical (unpaired) electrons. The average molecular weight is 491 g/mol. The number of hydrogen-bond donors (Lipinski definition) is 2. The Kier molecular flexibility index (Phi) is 8.42. The van der Waals surface area contributed by atoms with Crippen molar-refractivity contribution in [1.29, 1.82) is 0 Å². The number of halogens is 3. The van der Waals surface area contributed by atoms with Crippen molar-refractivity contribution in [2.45, 2.75) is 27.0 Å². The quantitative estimate of drug-likeness (QED) is 0.341. The molecule has 5 nitrogen and oxygen atoms in total. The normalized spacial score (nSPS) is 10.8. The summed E-state index contributed by atoms with van der Waals surface area (Å²) in [6, 6.07) is 15.4. The lowest BCUT2D eigenvalue weighted by atomic mass is 10.1. The first-order valence-electron chi connectivity index (χ1n) is 10.4. The van der Waals surface area contributed by atoms with Gasteiger partial charge in [0.15, 0.2) is 11.5 Å². The molecule has 0 atom stereocenters. The second-order valence-electron chi connectivity index (χ2n) is 7.67. The van der Waals surface area contributed by atoms with Crippen LogP contribution in [0.1, 0.15) is 25.0 Å². The van der Waals surface area contributed by atoms with Crippen molar-refractivity contribution in [3.8, 4) is 11.5 Å². The number of methoxy groups -OCH3 is 1. The number of benzene rings is 3. The van der Waals surface area contributed by atoms with Gasteiger partial charge in [0.05, 0.1) is 17.2 Å². The van der Waals surface area contributed by atoms with E-state index in [0.29, 0.717) is 23.1 Å². The summed E-state index contributed by atoms with van der Waals surface area (Å²) in [5, 5.41) is 6.77. The van der Waals surface area contributed by atoms with Gasteiger partial charge >= 0.3 is 0 Å². The van der Waals surface area contributed by atoms with Gasteiger partial charge in [-0.2, -0.15) is 0 Å². The van der Waals surface area contributed by atoms with E-state index in [4.69, 9.17) is 32.7 Å². The Bertz CT molecular complexity index is 1100. The maximum atomic E-state index is 14.0. The van der Waals surface area contributed by atoms with Crippen LogP contribution in [0.2, 0.25) is 10.0 Å². The van der Waals surface area contributed by atoms with Gasteiger partial charge in [-0.3, -0.25) is 4.79 Å². The van der Waals surface area contributed by atoms with Gasteiger partial charge in [0.2, 0.25) is 5.91 Å². The Morgan fingerprint density at radius 3 is 2.36 bits per heavy atom. The van der Waals surface area contributed by atoms with Crippen LogP contribution in [0.15, 0.2) is 54.6 Å². The molecule has 0 aromatic heterocycles. The molecule has 0 heterocycles. The predicted molar refractivity (Wildman–Crippen MR) is 131 cm³/mol. The van der Waals surface area contributed by atoms with Crippen LogP contribution in [0.5, 0.6) is 11.5 Å². The van der Waals surface area contributed by atoms with Crippen LogP contribution in [-0.2, 0) is 17.9 Å². The van der Waals surface area contributed by atoms with E-state index in [1.165, 1.54) is 19.2 Å². The Morgan fingerprint density at radius 2 is 1.73 bits per heavy atom. The van der Waals surface area contributed by atoms with E-state index < -0.39 is 5.82 Å². The highest BCUT2D eigenvalue weighted by molar-refractivity contribution is 6.32. The zero-order chi connectivity index (χ0) is 24.0. The summed E-state index contributed by atoms with van der Waals surface area (Å²) in [5.74, 6) is 0.175. The van der Waals surface area contributed by atoms with Gasteiger partial charge in [-0.25, -0.2) is 4.39 Å². The molecule has 8 heteroatoms. The summed E-state index contributed by atoms with van der Waals surface area (Å²) in [6.07, 6.45) is 0. The molecule has 0 aliphatic rings. The van der Waals surface area contributed by atoms with Gasteiger partial charge in [0.25, 0.3) is 0 Å². The molecule has 3 rings (SSSR count). The monoisotopic (exact) mass is 490 g/mol. The highest BCUT2D eigenvalue weighted by Crippen LogP contribution is 2.37. The predicted octanol–water partition coefficient (Wildman–Crippen LogP) is 6.93. The molecular formula is C25H25Cl2FN2O3. The zero-order valence-electron chi connectivity index (χ0n) is 18.5. The van der Waals surface area contributed by atoms with Crippen molar-refractivity contribution in [1.82, 2.24) is 0 Å². The van der Waals surface area contributed by atoms with Crippen LogP contribution in [0.25, 0.3) is 0 Å². The maximum absolute atomic E-state index is 14.0. The molecule has 0 aliphatic carbocycles. The molecule has 3 aromatic rings. The van der Waals surface area contributed by atoms with Gasteiger partial charge in [-0.05, 0) is 54.1 Å². The zero-order valence-corrected chi connectivity index (χ0v) is 20.1. The van der Waals surface area contributed by atoms with Crippen LogP contribution < -0.4 is 20.1 Å². The first-order chi connectivity index (χ1) is 15.8. The van der Waals surface area contributed by atoms with Gasteiger partial charge in [0.1, 0.15) is 12.4 Å². The minimum atomic E-state index is -0.451. The number of ether oxygens (including phenoxy) is 2. The number of amides is 1. The van der Waals surface area contributed by atoms with Gasteiger partial charge in [-0.1, -0.05) is 43.1 Å². The van der Waals surface area contributed by atoms with Crippen LogP contribution in [0.3, 0.4) is 0 Å². The molecule has 2 N–H and O–H groups in total. The number of rotatable bonds is 9. The third-order valence-electron chi connectivity index (χ3n) is 4.89. The Hall–Kier alpha value is -2.96. The third kappa shape index (κ3) is 6.53. The van der Waals surface area contributed by atoms with E-state index in [1.54, 1.807) is 18.2 Å². The molecule has 0 aliphatic heterocycles. The molecule has 3 aromatic carbocycles. The fourth-order valence-corrected chi connectivity index (χ4v) is 3.50. The molecule has 0 saturated carbocycles. The van der Waals surface area contributed by atoms with Gasteiger partial charge < -0.3 is 20.1 Å². The maximum Gasteiger partial charge on any atom is 0.226 e. The third-order valence-corrected chi connectivity index (χ3v) is 5.52. The lowest BCUT2D eigenvalue weighted by Crippen LogP contribution is -2.17. The molecule has 174 valence electrons. The molecule has 0 unspecified atom stereocenters. The van der Waals surface area contributed by atoms with Crippen molar-refractivity contribution in [2.75, 3.05) is 17.7 Å². The first-order valence-corrected chi connectivity index (χ1v) is 11.1. The number of anilines is 2. The molecule has 33 heavy (non-hydrogen) atoms. The highest BCUT2D eigenvalue weighted by atomic mass is 35.5. The largest absolute Gasteiger partial charge is 0.493 e. The van der Waals surface area contributed by atoms with E-state index in [0.717, 1.165) is 16.9 Å². The fourth-order valence-electron chi connectivity index (χ4n) is 2.99. The Balaban J connectivity index is 1.66. The lowest BCUT2D eigenvalue weighted by molar-refractivity contribution is -0.118. The molecule has 0 saturated heterocycles. The van der Waals surface area contributed by atoms with E-state index in [9.17, 15) is 9.18 Å². The number of carbonyl (C=O) groups is 1. The van der Waals surface area contributed by atoms with Crippen LogP contribution in [-0.4, -0.2) is 13.0 Å². The van der Waals surface area contributed by atoms with Crippen molar-refractivity contribution in [2.24, 2.45) is 5.92 Å². The fraction of sp³-hybridized carbons (Fsp3) is 0.240. The molecule has 0 spiro atoms. The summed E-state index contributed by atoms with van der Waals surface area (Å²) < 4.78 is 25.2. The summed E-state index contributed by atoms with van der Waals surface area (Å²) in [7, 11) is 1.51. The molecule has 0 fully saturated rings. The molecule has 1 amide bonds. The second kappa shape index (κ2) is 11.3. The van der Waals surface area contributed by atoms with E-state index in [2.05, 4.69) is 10.6 Å². The van der Waals surface area contributed by atoms with Crippen molar-refractivity contribution in [3.05, 3.63) is 81.6 Å². The number of nitrogens with one attached hydrogen (secondary N) is 2. The van der Waals surface area contributed by atoms with Gasteiger partial charge in [-0.15, -0.1) is 0 Å². The van der Waals surface area contributed by atoms with Crippen molar-refractivity contribution in [3.63, 3.8) is 0 Å². The molecular weight excluding hydrogens is 466 g/mol. The van der Waals surface area contributed by atoms with Crippen molar-refractivity contribution >= 4 is 40.5 Å². The van der Waals surface area contributed by atoms with Crippen molar-refractivity contribution < 1.29 is 18.7 Å². The Labute approximate surface area is 202 Å². The van der Waals surface area contributed by atoms with Crippen LogP contribution in [0, 0.1) is 11.7 Å². The summed E-state index contributed by atoms with van der Waals surface area (Å²) in [4.78, 5) is 11.8. The topological polar surface area (TPSA) is 59.6 Å². The summed E-state index contributed by atoms with van der Waals surface area (Å²) in [6.45, 7) is 4.08. The lowest BCUT2D eigenvalue weighted by Gasteiger charge is -2.16. The average Bonchev–Trinajstić information content (AvgIpc) is 2.78. The minimum absolute atomic E-state index is 0.0305. The summed E-state index contributed by atoms with van der Waals surface area (Å²) in [5.41, 5.74) is 2.73. The SMILES string of the molecule is COc1cc(CNc2ccc(NC(=O)C(C)C)cc2)cc(Cl)c1OCc1c(F)cccc1Cl. The minimum Gasteiger partial charge on any atom is -0.493 e. The number of hydrogen-bond acceptors (Lipinski definition) is 4. The first kappa shape index (κ1) is 24.7. The Morgan fingerprint density at radius 1 is 1.03 bits per heavy atom. The standard InChI is InChI=1S/C25H25Cl2FN2O3/c1-15(2)25(31)30-18-9-7-17(8-10-18)29-13-16-11-21(27)24(23(12-16)32-3)33-14-19-20(26)5-4-6-22(19)28/h4-12,15,29H,13-14H2,1-3H3,(H,30,31). The summed E-state index contributed by atoms with van der Waals surface area (Å²) >= 11 is 12.5.